The molecule has 1 fully saturated rings. The monoisotopic (exact) mass is 342 g/mol. The fraction of sp³-hybridized carbons (Fsp3) is 0.625. The predicted octanol–water partition coefficient (Wildman–Crippen LogP) is 4.32. The molecule has 0 radical (unpaired) electrons. The fourth-order valence-electron chi connectivity index (χ4n) is 2.74. The number of alkyl halides is 1. The summed E-state index contributed by atoms with van der Waals surface area (Å²) in [6.07, 6.45) is 0.879. The van der Waals surface area contributed by atoms with Crippen LogP contribution < -0.4 is 9.47 Å². The fourth-order valence-corrected chi connectivity index (χ4v) is 3.09. The Bertz CT molecular complexity index is 483. The van der Waals surface area contributed by atoms with Crippen LogP contribution in [-0.4, -0.2) is 24.4 Å². The molecule has 1 aromatic carbocycles. The summed E-state index contributed by atoms with van der Waals surface area (Å²) in [4.78, 5) is 0. The molecule has 20 heavy (non-hydrogen) atoms. The second kappa shape index (κ2) is 5.57. The van der Waals surface area contributed by atoms with Gasteiger partial charge >= 0.3 is 0 Å². The highest BCUT2D eigenvalue weighted by atomic mass is 79.9. The summed E-state index contributed by atoms with van der Waals surface area (Å²) in [5.41, 5.74) is 0.705. The highest BCUT2D eigenvalue weighted by molar-refractivity contribution is 9.08. The van der Waals surface area contributed by atoms with Crippen LogP contribution in [0.1, 0.15) is 39.7 Å². The van der Waals surface area contributed by atoms with Crippen LogP contribution in [0.3, 0.4) is 0 Å². The van der Waals surface area contributed by atoms with E-state index in [1.165, 1.54) is 0 Å². The number of hydrogen-bond acceptors (Lipinski definition) is 3. The third-order valence-corrected chi connectivity index (χ3v) is 4.29. The third-order valence-electron chi connectivity index (χ3n) is 3.64. The van der Waals surface area contributed by atoms with Crippen LogP contribution in [0.4, 0.5) is 0 Å². The van der Waals surface area contributed by atoms with Gasteiger partial charge < -0.3 is 14.2 Å². The van der Waals surface area contributed by atoms with E-state index in [4.69, 9.17) is 14.2 Å². The average Bonchev–Trinajstić information content (AvgIpc) is 2.57. The van der Waals surface area contributed by atoms with Crippen molar-refractivity contribution in [1.29, 1.82) is 0 Å². The predicted molar refractivity (Wildman–Crippen MR) is 83.9 cm³/mol. The van der Waals surface area contributed by atoms with E-state index in [1.807, 2.05) is 18.2 Å². The van der Waals surface area contributed by atoms with Gasteiger partial charge in [0.15, 0.2) is 11.5 Å². The maximum atomic E-state index is 6.18. The molecule has 0 bridgehead atoms. The Kier molecular flexibility index (Phi) is 4.35. The van der Waals surface area contributed by atoms with Gasteiger partial charge in [0.05, 0.1) is 12.7 Å². The summed E-state index contributed by atoms with van der Waals surface area (Å²) in [6.45, 7) is 8.35. The Morgan fingerprint density at radius 2 is 1.95 bits per heavy atom. The highest BCUT2D eigenvalue weighted by Crippen LogP contribution is 2.41. The van der Waals surface area contributed by atoms with Gasteiger partial charge in [-0.15, -0.1) is 0 Å². The van der Waals surface area contributed by atoms with Crippen molar-refractivity contribution < 1.29 is 14.2 Å². The molecule has 0 saturated carbocycles. The average molecular weight is 343 g/mol. The van der Waals surface area contributed by atoms with Crippen LogP contribution in [0, 0.1) is 0 Å². The molecule has 1 aliphatic rings. The van der Waals surface area contributed by atoms with Gasteiger partial charge in [-0.2, -0.15) is 0 Å². The van der Waals surface area contributed by atoms with Crippen LogP contribution in [0.15, 0.2) is 18.2 Å². The standard InChI is InChI=1S/C16H23BrO3/c1-15(2)9-14(16(3,4)20-15)19-12-7-6-11(10-17)8-13(12)18-5/h6-8,14H,9-10H2,1-5H3. The number of ether oxygens (including phenoxy) is 3. The number of halogens is 1. The van der Waals surface area contributed by atoms with E-state index in [9.17, 15) is 0 Å². The first kappa shape index (κ1) is 15.6. The van der Waals surface area contributed by atoms with E-state index in [-0.39, 0.29) is 17.3 Å². The number of methoxy groups -OCH3 is 1. The molecule has 1 aromatic rings. The van der Waals surface area contributed by atoms with Gasteiger partial charge in [0.1, 0.15) is 11.7 Å². The topological polar surface area (TPSA) is 27.7 Å². The molecular formula is C16H23BrO3. The Morgan fingerprint density at radius 3 is 2.45 bits per heavy atom. The lowest BCUT2D eigenvalue weighted by Gasteiger charge is -2.28. The summed E-state index contributed by atoms with van der Waals surface area (Å²) in [5, 5.41) is 0.800. The minimum absolute atomic E-state index is 0.0150. The van der Waals surface area contributed by atoms with Crippen molar-refractivity contribution in [2.45, 2.75) is 56.8 Å². The first-order valence-corrected chi connectivity index (χ1v) is 7.99. The lowest BCUT2D eigenvalue weighted by molar-refractivity contribution is -0.0847. The lowest BCUT2D eigenvalue weighted by Crippen LogP contribution is -2.36. The number of rotatable bonds is 4. The van der Waals surface area contributed by atoms with Gasteiger partial charge in [0.2, 0.25) is 0 Å². The smallest absolute Gasteiger partial charge is 0.161 e. The molecule has 0 spiro atoms. The van der Waals surface area contributed by atoms with Gasteiger partial charge in [-0.05, 0) is 45.4 Å². The second-order valence-electron chi connectivity index (χ2n) is 6.39. The van der Waals surface area contributed by atoms with Gasteiger partial charge in [-0.25, -0.2) is 0 Å². The van der Waals surface area contributed by atoms with Gasteiger partial charge in [0, 0.05) is 11.8 Å². The quantitative estimate of drug-likeness (QED) is 0.763. The van der Waals surface area contributed by atoms with Crippen molar-refractivity contribution in [2.24, 2.45) is 0 Å². The highest BCUT2D eigenvalue weighted by Gasteiger charge is 2.47. The molecule has 1 saturated heterocycles. The normalized spacial score (nSPS) is 23.6. The molecule has 2 rings (SSSR count). The molecule has 0 N–H and O–H groups in total. The molecule has 1 unspecified atom stereocenters. The molecule has 1 atom stereocenters. The maximum absolute atomic E-state index is 6.18. The minimum atomic E-state index is -0.303. The summed E-state index contributed by atoms with van der Waals surface area (Å²) >= 11 is 3.45. The molecule has 3 nitrogen and oxygen atoms in total. The van der Waals surface area contributed by atoms with E-state index >= 15 is 0 Å². The van der Waals surface area contributed by atoms with Crippen LogP contribution in [0.25, 0.3) is 0 Å². The molecular weight excluding hydrogens is 320 g/mol. The Morgan fingerprint density at radius 1 is 1.25 bits per heavy atom. The van der Waals surface area contributed by atoms with Crippen LogP contribution in [-0.2, 0) is 10.1 Å². The van der Waals surface area contributed by atoms with Gasteiger partial charge in [-0.3, -0.25) is 0 Å². The van der Waals surface area contributed by atoms with Gasteiger partial charge in [0.25, 0.3) is 0 Å². The lowest BCUT2D eigenvalue weighted by atomic mass is 9.97. The molecule has 1 aliphatic heterocycles. The Labute approximate surface area is 129 Å². The van der Waals surface area contributed by atoms with Crippen molar-refractivity contribution >= 4 is 15.9 Å². The van der Waals surface area contributed by atoms with Crippen molar-refractivity contribution in [3.8, 4) is 11.5 Å². The molecule has 0 amide bonds. The Balaban J connectivity index is 2.22. The van der Waals surface area contributed by atoms with Crippen LogP contribution in [0.2, 0.25) is 0 Å². The van der Waals surface area contributed by atoms with Crippen molar-refractivity contribution in [1.82, 2.24) is 0 Å². The molecule has 0 aliphatic carbocycles. The van der Waals surface area contributed by atoms with E-state index in [0.717, 1.165) is 28.8 Å². The van der Waals surface area contributed by atoms with Crippen LogP contribution >= 0.6 is 15.9 Å². The van der Waals surface area contributed by atoms with E-state index in [0.29, 0.717) is 0 Å². The SMILES string of the molecule is COc1cc(CBr)ccc1OC1CC(C)(C)OC1(C)C. The van der Waals surface area contributed by atoms with Crippen molar-refractivity contribution in [3.05, 3.63) is 23.8 Å². The number of hydrogen-bond donors (Lipinski definition) is 0. The maximum Gasteiger partial charge on any atom is 0.161 e. The first-order chi connectivity index (χ1) is 9.27. The summed E-state index contributed by atoms with van der Waals surface area (Å²) in [6, 6.07) is 6.01. The van der Waals surface area contributed by atoms with Gasteiger partial charge in [-0.1, -0.05) is 22.0 Å². The number of benzene rings is 1. The molecule has 112 valence electrons. The van der Waals surface area contributed by atoms with Crippen molar-refractivity contribution in [3.63, 3.8) is 0 Å². The summed E-state index contributed by atoms with van der Waals surface area (Å²) < 4.78 is 17.7. The first-order valence-electron chi connectivity index (χ1n) is 6.87. The van der Waals surface area contributed by atoms with Crippen molar-refractivity contribution in [2.75, 3.05) is 7.11 Å². The molecule has 0 aromatic heterocycles. The van der Waals surface area contributed by atoms with E-state index in [2.05, 4.69) is 43.6 Å². The van der Waals surface area contributed by atoms with E-state index < -0.39 is 0 Å². The molecule has 1 heterocycles. The largest absolute Gasteiger partial charge is 0.493 e. The molecule has 4 heteroatoms. The zero-order valence-corrected chi connectivity index (χ0v) is 14.4. The second-order valence-corrected chi connectivity index (χ2v) is 6.96. The van der Waals surface area contributed by atoms with Crippen LogP contribution in [0.5, 0.6) is 11.5 Å². The zero-order chi connectivity index (χ0) is 15.0. The summed E-state index contributed by atoms with van der Waals surface area (Å²) in [5.74, 6) is 1.54. The zero-order valence-electron chi connectivity index (χ0n) is 12.8. The Hall–Kier alpha value is -0.740. The third kappa shape index (κ3) is 3.29. The minimum Gasteiger partial charge on any atom is -0.493 e. The summed E-state index contributed by atoms with van der Waals surface area (Å²) in [7, 11) is 1.67. The van der Waals surface area contributed by atoms with E-state index in [1.54, 1.807) is 7.11 Å².